The van der Waals surface area contributed by atoms with Crippen molar-refractivity contribution in [1.29, 1.82) is 0 Å². The molecule has 0 radical (unpaired) electrons. The second-order valence-corrected chi connectivity index (χ2v) is 9.60. The number of carbonyl (C=O) groups excluding carboxylic acids is 1. The Morgan fingerprint density at radius 1 is 1.25 bits per heavy atom. The van der Waals surface area contributed by atoms with Gasteiger partial charge in [-0.25, -0.2) is 8.42 Å². The summed E-state index contributed by atoms with van der Waals surface area (Å²) in [6.45, 7) is 4.69. The molecule has 1 atom stereocenters. The number of amides is 1. The largest absolute Gasteiger partial charge is 0.333 e. The summed E-state index contributed by atoms with van der Waals surface area (Å²) >= 11 is 1.62. The first-order valence-electron chi connectivity index (χ1n) is 9.42. The van der Waals surface area contributed by atoms with Crippen molar-refractivity contribution in [2.75, 3.05) is 19.6 Å². The molecule has 0 aromatic carbocycles. The second kappa shape index (κ2) is 8.59. The Morgan fingerprint density at radius 2 is 2.00 bits per heavy atom. The van der Waals surface area contributed by atoms with Crippen LogP contribution in [0.5, 0.6) is 0 Å². The van der Waals surface area contributed by atoms with Gasteiger partial charge >= 0.3 is 0 Å². The lowest BCUT2D eigenvalue weighted by Gasteiger charge is -2.24. The summed E-state index contributed by atoms with van der Waals surface area (Å²) in [5.41, 5.74) is -0.390. The first kappa shape index (κ1) is 20.8. The molecule has 0 saturated carbocycles. The van der Waals surface area contributed by atoms with Crippen LogP contribution in [0.2, 0.25) is 0 Å². The number of rotatable bonds is 7. The highest BCUT2D eigenvalue weighted by atomic mass is 32.2. The van der Waals surface area contributed by atoms with Crippen LogP contribution >= 0.6 is 11.3 Å². The normalized spacial score (nSPS) is 17.4. The van der Waals surface area contributed by atoms with Gasteiger partial charge in [-0.1, -0.05) is 19.9 Å². The number of sulfonamides is 1. The van der Waals surface area contributed by atoms with E-state index in [1.807, 2.05) is 17.5 Å². The van der Waals surface area contributed by atoms with E-state index in [9.17, 15) is 18.0 Å². The van der Waals surface area contributed by atoms with E-state index in [2.05, 4.69) is 0 Å². The molecule has 2 aromatic rings. The fraction of sp³-hybridized carbons (Fsp3) is 0.474. The Labute approximate surface area is 169 Å². The summed E-state index contributed by atoms with van der Waals surface area (Å²) in [7, 11) is -3.69. The van der Waals surface area contributed by atoms with Crippen molar-refractivity contribution in [3.63, 3.8) is 0 Å². The summed E-state index contributed by atoms with van der Waals surface area (Å²) in [6.07, 6.45) is 3.10. The van der Waals surface area contributed by atoms with Crippen molar-refractivity contribution in [2.45, 2.75) is 44.2 Å². The molecule has 0 spiro atoms. The van der Waals surface area contributed by atoms with Gasteiger partial charge in [0.05, 0.1) is 10.9 Å². The predicted octanol–water partition coefficient (Wildman–Crippen LogP) is 2.30. The van der Waals surface area contributed by atoms with Gasteiger partial charge in [-0.2, -0.15) is 4.31 Å². The minimum Gasteiger partial charge on any atom is -0.333 e. The zero-order valence-electron chi connectivity index (χ0n) is 16.1. The number of likely N-dealkylation sites (tertiary alicyclic amines) is 1. The summed E-state index contributed by atoms with van der Waals surface area (Å²) in [5.74, 6) is -0.171. The van der Waals surface area contributed by atoms with Gasteiger partial charge in [-0.3, -0.25) is 9.59 Å². The predicted molar refractivity (Wildman–Crippen MR) is 109 cm³/mol. The van der Waals surface area contributed by atoms with Crippen LogP contribution in [0.1, 0.15) is 37.6 Å². The zero-order chi connectivity index (χ0) is 20.3. The van der Waals surface area contributed by atoms with Gasteiger partial charge < -0.3 is 9.47 Å². The molecule has 0 bridgehead atoms. The van der Waals surface area contributed by atoms with E-state index in [4.69, 9.17) is 0 Å². The molecule has 1 amide bonds. The SMILES string of the molecule is CCN(CC)S(=O)(=O)c1ccc(=O)n(CC(=O)N2CCCC2c2cccs2)c1. The third-order valence-electron chi connectivity index (χ3n) is 5.05. The molecule has 1 saturated heterocycles. The number of hydrogen-bond acceptors (Lipinski definition) is 5. The Bertz CT molecular complexity index is 979. The van der Waals surface area contributed by atoms with Crippen molar-refractivity contribution < 1.29 is 13.2 Å². The highest BCUT2D eigenvalue weighted by molar-refractivity contribution is 7.89. The van der Waals surface area contributed by atoms with Gasteiger partial charge in [0.25, 0.3) is 5.56 Å². The van der Waals surface area contributed by atoms with Gasteiger partial charge in [-0.15, -0.1) is 11.3 Å². The Hall–Kier alpha value is -1.97. The van der Waals surface area contributed by atoms with Crippen LogP contribution in [0.4, 0.5) is 0 Å². The van der Waals surface area contributed by atoms with Crippen molar-refractivity contribution in [1.82, 2.24) is 13.8 Å². The smallest absolute Gasteiger partial charge is 0.251 e. The number of aromatic nitrogens is 1. The monoisotopic (exact) mass is 423 g/mol. The van der Waals surface area contributed by atoms with Crippen LogP contribution < -0.4 is 5.56 Å². The lowest BCUT2D eigenvalue weighted by atomic mass is 10.2. The number of carbonyl (C=O) groups is 1. The summed E-state index contributed by atoms with van der Waals surface area (Å²) in [5, 5.41) is 1.99. The van der Waals surface area contributed by atoms with E-state index in [1.165, 1.54) is 27.2 Å². The third-order valence-corrected chi connectivity index (χ3v) is 8.06. The molecule has 1 aliphatic heterocycles. The van der Waals surface area contributed by atoms with Gasteiger partial charge in [-0.05, 0) is 30.4 Å². The van der Waals surface area contributed by atoms with Crippen LogP contribution in [0.3, 0.4) is 0 Å². The maximum atomic E-state index is 12.9. The molecule has 2 aromatic heterocycles. The zero-order valence-corrected chi connectivity index (χ0v) is 17.7. The Morgan fingerprint density at radius 3 is 2.64 bits per heavy atom. The molecule has 1 fully saturated rings. The van der Waals surface area contributed by atoms with Gasteiger partial charge in [0.2, 0.25) is 15.9 Å². The summed E-state index contributed by atoms with van der Waals surface area (Å²) in [4.78, 5) is 28.1. The molecule has 28 heavy (non-hydrogen) atoms. The van der Waals surface area contributed by atoms with E-state index in [0.717, 1.165) is 17.7 Å². The standard InChI is InChI=1S/C19H25N3O4S2/c1-3-21(4-2)28(25,26)15-9-10-18(23)20(13-15)14-19(24)22-11-5-7-16(22)17-8-6-12-27-17/h6,8-10,12-13,16H,3-5,7,11,14H2,1-2H3. The van der Waals surface area contributed by atoms with Gasteiger partial charge in [0.1, 0.15) is 6.54 Å². The topological polar surface area (TPSA) is 79.7 Å². The fourth-order valence-corrected chi connectivity index (χ4v) is 5.93. The molecule has 1 aliphatic rings. The highest BCUT2D eigenvalue weighted by Crippen LogP contribution is 2.34. The lowest BCUT2D eigenvalue weighted by molar-refractivity contribution is -0.132. The summed E-state index contributed by atoms with van der Waals surface area (Å²) in [6, 6.07) is 6.54. The quantitative estimate of drug-likeness (QED) is 0.684. The highest BCUT2D eigenvalue weighted by Gasteiger charge is 2.31. The molecule has 152 valence electrons. The van der Waals surface area contributed by atoms with Crippen LogP contribution in [0, 0.1) is 0 Å². The molecule has 0 N–H and O–H groups in total. The molecule has 9 heteroatoms. The van der Waals surface area contributed by atoms with Crippen LogP contribution in [0.25, 0.3) is 0 Å². The van der Waals surface area contributed by atoms with Crippen LogP contribution in [-0.2, 0) is 21.4 Å². The maximum Gasteiger partial charge on any atom is 0.251 e. The third kappa shape index (κ3) is 4.06. The molecule has 7 nitrogen and oxygen atoms in total. The van der Waals surface area contributed by atoms with Gasteiger partial charge in [0, 0.05) is 36.8 Å². The lowest BCUT2D eigenvalue weighted by Crippen LogP contribution is -2.36. The van der Waals surface area contributed by atoms with Crippen molar-refractivity contribution in [3.8, 4) is 0 Å². The molecule has 3 rings (SSSR count). The molecular weight excluding hydrogens is 398 g/mol. The second-order valence-electron chi connectivity index (χ2n) is 6.68. The fourth-order valence-electron chi connectivity index (χ4n) is 3.58. The van der Waals surface area contributed by atoms with E-state index in [0.29, 0.717) is 19.6 Å². The number of hydrogen-bond donors (Lipinski definition) is 0. The minimum atomic E-state index is -3.69. The maximum absolute atomic E-state index is 12.9. The first-order valence-corrected chi connectivity index (χ1v) is 11.7. The summed E-state index contributed by atoms with van der Waals surface area (Å²) < 4.78 is 28.0. The van der Waals surface area contributed by atoms with Crippen LogP contribution in [-0.4, -0.2) is 47.7 Å². The number of nitrogens with zero attached hydrogens (tertiary/aromatic N) is 3. The first-order chi connectivity index (χ1) is 13.4. The average Bonchev–Trinajstić information content (AvgIpc) is 3.35. The molecule has 3 heterocycles. The van der Waals surface area contributed by atoms with E-state index < -0.39 is 15.6 Å². The van der Waals surface area contributed by atoms with E-state index >= 15 is 0 Å². The van der Waals surface area contributed by atoms with Crippen LogP contribution in [0.15, 0.2) is 45.5 Å². The molecular formula is C19H25N3O4S2. The number of thiophene rings is 1. The van der Waals surface area contributed by atoms with E-state index in [1.54, 1.807) is 30.1 Å². The van der Waals surface area contributed by atoms with Crippen molar-refractivity contribution in [2.24, 2.45) is 0 Å². The van der Waals surface area contributed by atoms with Crippen molar-refractivity contribution in [3.05, 3.63) is 51.1 Å². The van der Waals surface area contributed by atoms with Crippen molar-refractivity contribution >= 4 is 27.3 Å². The Balaban J connectivity index is 1.84. The molecule has 1 unspecified atom stereocenters. The number of pyridine rings is 1. The minimum absolute atomic E-state index is 0.0276. The average molecular weight is 424 g/mol. The Kier molecular flexibility index (Phi) is 6.36. The van der Waals surface area contributed by atoms with E-state index in [-0.39, 0.29) is 23.4 Å². The molecule has 0 aliphatic carbocycles. The van der Waals surface area contributed by atoms with Gasteiger partial charge in [0.15, 0.2) is 0 Å².